The first-order chi connectivity index (χ1) is 14.7. The summed E-state index contributed by atoms with van der Waals surface area (Å²) in [5.74, 6) is 1.44. The van der Waals surface area contributed by atoms with Crippen LogP contribution in [0, 0.1) is 5.41 Å². The smallest absolute Gasteiger partial charge is 0.223 e. The number of nitrogens with zero attached hydrogens (tertiary/aromatic N) is 3. The predicted octanol–water partition coefficient (Wildman–Crippen LogP) is 5.06. The van der Waals surface area contributed by atoms with Crippen LogP contribution in [0.15, 0.2) is 24.4 Å². The summed E-state index contributed by atoms with van der Waals surface area (Å²) >= 11 is 1.85. The van der Waals surface area contributed by atoms with E-state index in [0.29, 0.717) is 17.4 Å². The second-order valence-corrected chi connectivity index (χ2v) is 9.76. The van der Waals surface area contributed by atoms with E-state index >= 15 is 0 Å². The first kappa shape index (κ1) is 21.8. The fourth-order valence-electron chi connectivity index (χ4n) is 5.50. The lowest BCUT2D eigenvalue weighted by Crippen LogP contribution is -2.35. The third kappa shape index (κ3) is 4.61. The summed E-state index contributed by atoms with van der Waals surface area (Å²) in [4.78, 5) is 9.64. The van der Waals surface area contributed by atoms with E-state index in [1.807, 2.05) is 32.0 Å². The van der Waals surface area contributed by atoms with Crippen molar-refractivity contribution in [2.75, 3.05) is 37.8 Å². The van der Waals surface area contributed by atoms with Crippen LogP contribution < -0.4 is 10.6 Å². The molecule has 5 nitrogen and oxygen atoms in total. The zero-order valence-corrected chi connectivity index (χ0v) is 19.6. The van der Waals surface area contributed by atoms with Crippen LogP contribution in [0.2, 0.25) is 0 Å². The Kier molecular flexibility index (Phi) is 7.16. The van der Waals surface area contributed by atoms with Gasteiger partial charge in [0, 0.05) is 37.3 Å². The molecule has 1 aliphatic carbocycles. The van der Waals surface area contributed by atoms with Gasteiger partial charge in [0.2, 0.25) is 5.95 Å². The summed E-state index contributed by atoms with van der Waals surface area (Å²) in [5.41, 5.74) is 3.13. The summed E-state index contributed by atoms with van der Waals surface area (Å²) in [6.45, 7) is 8.66. The van der Waals surface area contributed by atoms with Crippen LogP contribution in [0.1, 0.15) is 63.9 Å². The molecule has 2 saturated heterocycles. The van der Waals surface area contributed by atoms with Gasteiger partial charge in [0.05, 0.1) is 5.52 Å². The molecule has 3 fully saturated rings. The van der Waals surface area contributed by atoms with E-state index in [4.69, 9.17) is 4.98 Å². The van der Waals surface area contributed by atoms with Crippen molar-refractivity contribution >= 4 is 28.8 Å². The molecule has 1 spiro atoms. The molecule has 0 amide bonds. The SMILES string of the molecule is CC.CSN1CCC(Nc2ncc3cccc(C4CCC5(CCNC5)C4)c3n2)CC1. The van der Waals surface area contributed by atoms with Crippen LogP contribution in [0.4, 0.5) is 5.95 Å². The number of benzene rings is 1. The van der Waals surface area contributed by atoms with Gasteiger partial charge < -0.3 is 10.6 Å². The Morgan fingerprint density at radius 3 is 2.73 bits per heavy atom. The summed E-state index contributed by atoms with van der Waals surface area (Å²) in [6, 6.07) is 7.13. The van der Waals surface area contributed by atoms with Crippen molar-refractivity contribution in [3.8, 4) is 0 Å². The number of hydrogen-bond donors (Lipinski definition) is 2. The highest BCUT2D eigenvalue weighted by atomic mass is 32.2. The minimum atomic E-state index is 0.479. The topological polar surface area (TPSA) is 53.1 Å². The molecule has 1 aromatic heterocycles. The Morgan fingerprint density at radius 2 is 2.00 bits per heavy atom. The van der Waals surface area contributed by atoms with Gasteiger partial charge in [-0.25, -0.2) is 9.97 Å². The van der Waals surface area contributed by atoms with Crippen molar-refractivity contribution in [1.82, 2.24) is 19.6 Å². The molecule has 2 unspecified atom stereocenters. The fourth-order valence-corrected chi connectivity index (χ4v) is 6.07. The quantitative estimate of drug-likeness (QED) is 0.666. The van der Waals surface area contributed by atoms with Gasteiger partial charge in [-0.3, -0.25) is 4.31 Å². The number of piperidine rings is 1. The van der Waals surface area contributed by atoms with Crippen molar-refractivity contribution in [3.05, 3.63) is 30.0 Å². The first-order valence-electron chi connectivity index (χ1n) is 11.8. The normalized spacial score (nSPS) is 27.4. The molecular weight excluding hydrogens is 390 g/mol. The van der Waals surface area contributed by atoms with Gasteiger partial charge >= 0.3 is 0 Å². The molecule has 1 saturated carbocycles. The molecule has 164 valence electrons. The fraction of sp³-hybridized carbons (Fsp3) is 0.667. The Morgan fingerprint density at radius 1 is 1.17 bits per heavy atom. The van der Waals surface area contributed by atoms with E-state index in [-0.39, 0.29) is 0 Å². The van der Waals surface area contributed by atoms with Crippen LogP contribution in [-0.4, -0.2) is 52.7 Å². The van der Waals surface area contributed by atoms with Crippen LogP contribution in [0.3, 0.4) is 0 Å². The van der Waals surface area contributed by atoms with Gasteiger partial charge in [-0.2, -0.15) is 0 Å². The molecule has 2 N–H and O–H groups in total. The Balaban J connectivity index is 0.00000106. The van der Waals surface area contributed by atoms with Crippen LogP contribution in [0.5, 0.6) is 0 Å². The Labute approximate surface area is 185 Å². The lowest BCUT2D eigenvalue weighted by Gasteiger charge is -2.30. The summed E-state index contributed by atoms with van der Waals surface area (Å²) in [6.07, 6.45) is 11.8. The molecule has 2 aliphatic heterocycles. The maximum atomic E-state index is 5.01. The van der Waals surface area contributed by atoms with Crippen LogP contribution in [-0.2, 0) is 0 Å². The highest BCUT2D eigenvalue weighted by Gasteiger charge is 2.41. The summed E-state index contributed by atoms with van der Waals surface area (Å²) in [5, 5.41) is 8.37. The molecule has 30 heavy (non-hydrogen) atoms. The maximum absolute atomic E-state index is 5.01. The number of nitrogens with one attached hydrogen (secondary N) is 2. The zero-order valence-electron chi connectivity index (χ0n) is 18.8. The number of aromatic nitrogens is 2. The third-order valence-corrected chi connectivity index (χ3v) is 8.04. The second kappa shape index (κ2) is 9.84. The van der Waals surface area contributed by atoms with Crippen molar-refractivity contribution in [2.24, 2.45) is 5.41 Å². The molecule has 3 aliphatic rings. The second-order valence-electron chi connectivity index (χ2n) is 8.88. The van der Waals surface area contributed by atoms with Crippen molar-refractivity contribution in [2.45, 2.75) is 64.3 Å². The lowest BCUT2D eigenvalue weighted by atomic mass is 9.83. The summed E-state index contributed by atoms with van der Waals surface area (Å²) in [7, 11) is 0. The van der Waals surface area contributed by atoms with Gasteiger partial charge in [0.15, 0.2) is 0 Å². The van der Waals surface area contributed by atoms with Crippen molar-refractivity contribution < 1.29 is 0 Å². The van der Waals surface area contributed by atoms with E-state index < -0.39 is 0 Å². The molecule has 3 heterocycles. The van der Waals surface area contributed by atoms with E-state index in [1.54, 1.807) is 0 Å². The molecule has 5 rings (SSSR count). The van der Waals surface area contributed by atoms with E-state index in [0.717, 1.165) is 37.4 Å². The molecule has 2 aromatic rings. The number of para-hydroxylation sites is 1. The van der Waals surface area contributed by atoms with Gasteiger partial charge in [-0.15, -0.1) is 0 Å². The van der Waals surface area contributed by atoms with E-state index in [9.17, 15) is 0 Å². The number of rotatable bonds is 4. The lowest BCUT2D eigenvalue weighted by molar-refractivity contribution is 0.331. The Bertz CT molecular complexity index is 827. The average molecular weight is 428 g/mol. The molecule has 0 bridgehead atoms. The van der Waals surface area contributed by atoms with Gasteiger partial charge in [0.25, 0.3) is 0 Å². The number of anilines is 1. The number of hydrogen-bond acceptors (Lipinski definition) is 6. The van der Waals surface area contributed by atoms with Gasteiger partial charge in [0.1, 0.15) is 0 Å². The zero-order chi connectivity index (χ0) is 21.0. The van der Waals surface area contributed by atoms with Crippen molar-refractivity contribution in [1.29, 1.82) is 0 Å². The van der Waals surface area contributed by atoms with E-state index in [1.165, 1.54) is 49.7 Å². The highest BCUT2D eigenvalue weighted by Crippen LogP contribution is 2.50. The average Bonchev–Trinajstić information content (AvgIpc) is 3.45. The highest BCUT2D eigenvalue weighted by molar-refractivity contribution is 7.96. The first-order valence-corrected chi connectivity index (χ1v) is 12.9. The monoisotopic (exact) mass is 427 g/mol. The summed E-state index contributed by atoms with van der Waals surface area (Å²) < 4.78 is 2.44. The Hall–Kier alpha value is -1.37. The van der Waals surface area contributed by atoms with Gasteiger partial charge in [-0.05, 0) is 68.2 Å². The minimum absolute atomic E-state index is 0.479. The molecular formula is C24H37N5S. The van der Waals surface area contributed by atoms with Crippen LogP contribution >= 0.6 is 11.9 Å². The predicted molar refractivity (Wildman–Crippen MR) is 129 cm³/mol. The molecule has 2 atom stereocenters. The van der Waals surface area contributed by atoms with Gasteiger partial charge in [-0.1, -0.05) is 44.0 Å². The van der Waals surface area contributed by atoms with E-state index in [2.05, 4.69) is 44.4 Å². The molecule has 0 radical (unpaired) electrons. The van der Waals surface area contributed by atoms with Crippen molar-refractivity contribution in [3.63, 3.8) is 0 Å². The largest absolute Gasteiger partial charge is 0.351 e. The third-order valence-electron chi connectivity index (χ3n) is 7.16. The van der Waals surface area contributed by atoms with Crippen LogP contribution in [0.25, 0.3) is 10.9 Å². The standard InChI is InChI=1S/C22H31N5S.C2H6/c1-28-27-11-6-18(7-12-27)25-21-24-14-17-3-2-4-19(20(17)26-21)16-5-8-22(13-16)9-10-23-15-22;1-2/h2-4,14,16,18,23H,5-13,15H2,1H3,(H,24,25,26);1-2H3. The maximum Gasteiger partial charge on any atom is 0.223 e. The molecule has 1 aromatic carbocycles. The molecule has 6 heteroatoms. The minimum Gasteiger partial charge on any atom is -0.351 e. The number of fused-ring (bicyclic) bond motifs is 1.